The van der Waals surface area contributed by atoms with Crippen molar-refractivity contribution in [2.24, 2.45) is 11.5 Å². The van der Waals surface area contributed by atoms with Crippen LogP contribution in [0.3, 0.4) is 0 Å². The molecule has 8 heavy (non-hydrogen) atoms. The zero-order chi connectivity index (χ0) is 6.99. The second-order valence-corrected chi connectivity index (χ2v) is 0.789. The Balaban J connectivity index is 0. The highest BCUT2D eigenvalue weighted by molar-refractivity contribution is 5.84. The van der Waals surface area contributed by atoms with E-state index in [-0.39, 0.29) is 6.73 Å². The number of amides is 1. The molecule has 1 amide bonds. The average molecular weight is 118 g/mol. The number of aliphatic hydroxyl groups is 1. The number of hydrogen-bond donors (Lipinski definition) is 3. The third kappa shape index (κ3) is 68.5. The van der Waals surface area contributed by atoms with Gasteiger partial charge in [-0.25, -0.2) is 0 Å². The van der Waals surface area contributed by atoms with Crippen LogP contribution in [0.25, 0.3) is 0 Å². The van der Waals surface area contributed by atoms with Gasteiger partial charge < -0.3 is 16.6 Å². The lowest BCUT2D eigenvalue weighted by Gasteiger charge is -1.65. The van der Waals surface area contributed by atoms with E-state index in [0.29, 0.717) is 0 Å². The van der Waals surface area contributed by atoms with Crippen molar-refractivity contribution < 1.29 is 9.90 Å². The van der Waals surface area contributed by atoms with Crippen molar-refractivity contribution in [1.82, 2.24) is 0 Å². The van der Waals surface area contributed by atoms with Gasteiger partial charge in [-0.3, -0.25) is 4.79 Å². The molecule has 0 saturated heterocycles. The third-order valence-electron chi connectivity index (χ3n) is 0.201. The minimum Gasteiger partial charge on any atom is -0.382 e. The molecule has 48 valence electrons. The van der Waals surface area contributed by atoms with Crippen LogP contribution in [0.15, 0.2) is 12.7 Å². The normalized spacial score (nSPS) is 6.25. The van der Waals surface area contributed by atoms with Crippen molar-refractivity contribution in [2.75, 3.05) is 6.73 Å². The molecule has 0 aromatic heterocycles. The Morgan fingerprint density at radius 3 is 2.00 bits per heavy atom. The summed E-state index contributed by atoms with van der Waals surface area (Å²) in [4.78, 5) is 9.47. The zero-order valence-corrected chi connectivity index (χ0v) is 4.50. The molecule has 4 nitrogen and oxygen atoms in total. The maximum Gasteiger partial charge on any atom is 0.240 e. The van der Waals surface area contributed by atoms with Crippen molar-refractivity contribution in [2.45, 2.75) is 0 Å². The lowest BCUT2D eigenvalue weighted by molar-refractivity contribution is -0.113. The van der Waals surface area contributed by atoms with Crippen molar-refractivity contribution in [3.63, 3.8) is 0 Å². The Morgan fingerprint density at radius 1 is 1.88 bits per heavy atom. The topological polar surface area (TPSA) is 89.3 Å². The highest BCUT2D eigenvalue weighted by Crippen LogP contribution is 1.48. The summed E-state index contributed by atoms with van der Waals surface area (Å²) in [5, 5.41) is 7.35. The van der Waals surface area contributed by atoms with Gasteiger partial charge in [-0.15, -0.1) is 0 Å². The van der Waals surface area contributed by atoms with E-state index in [0.717, 1.165) is 6.08 Å². The summed E-state index contributed by atoms with van der Waals surface area (Å²) in [6, 6.07) is 0. The van der Waals surface area contributed by atoms with Crippen LogP contribution in [0.2, 0.25) is 0 Å². The predicted octanol–water partition coefficient (Wildman–Crippen LogP) is -1.45. The molecular weight excluding hydrogens is 108 g/mol. The molecule has 0 rings (SSSR count). The van der Waals surface area contributed by atoms with Crippen LogP contribution in [0.4, 0.5) is 0 Å². The fourth-order valence-electron chi connectivity index (χ4n) is 0. The van der Waals surface area contributed by atoms with E-state index in [1.54, 1.807) is 0 Å². The highest BCUT2D eigenvalue weighted by atomic mass is 16.3. The van der Waals surface area contributed by atoms with Crippen LogP contribution in [0.1, 0.15) is 0 Å². The fraction of sp³-hybridized carbons (Fsp3) is 0.250. The summed E-state index contributed by atoms with van der Waals surface area (Å²) in [7, 11) is 0. The molecular formula is C4H10N2O2. The Hall–Kier alpha value is -0.870. The molecule has 4 heteroatoms. The van der Waals surface area contributed by atoms with Crippen molar-refractivity contribution in [3.05, 3.63) is 12.7 Å². The number of nitrogens with two attached hydrogens (primary N) is 2. The smallest absolute Gasteiger partial charge is 0.240 e. The maximum absolute atomic E-state index is 9.47. The molecule has 0 aliphatic carbocycles. The van der Waals surface area contributed by atoms with Crippen molar-refractivity contribution >= 4 is 5.91 Å². The first-order valence-corrected chi connectivity index (χ1v) is 1.91. The summed E-state index contributed by atoms with van der Waals surface area (Å²) in [6.45, 7) is 2.84. The van der Waals surface area contributed by atoms with E-state index < -0.39 is 5.91 Å². The lowest BCUT2D eigenvalue weighted by Crippen LogP contribution is -2.04. The first kappa shape index (κ1) is 10.2. The minimum atomic E-state index is -0.481. The molecule has 0 aliphatic rings. The second-order valence-electron chi connectivity index (χ2n) is 0.789. The Morgan fingerprint density at radius 2 is 2.00 bits per heavy atom. The Kier molecular flexibility index (Phi) is 12.0. The number of hydrogen-bond acceptors (Lipinski definition) is 3. The molecule has 0 saturated carbocycles. The quantitative estimate of drug-likeness (QED) is 0.291. The average Bonchev–Trinajstić information content (AvgIpc) is 1.69. The second kappa shape index (κ2) is 9.46. The van der Waals surface area contributed by atoms with Crippen molar-refractivity contribution in [1.29, 1.82) is 0 Å². The summed E-state index contributed by atoms with van der Waals surface area (Å²) >= 11 is 0. The van der Waals surface area contributed by atoms with Crippen LogP contribution in [0, 0.1) is 0 Å². The number of rotatable bonds is 1. The van der Waals surface area contributed by atoms with Crippen LogP contribution in [-0.2, 0) is 4.79 Å². The van der Waals surface area contributed by atoms with E-state index in [1.807, 2.05) is 0 Å². The van der Waals surface area contributed by atoms with Gasteiger partial charge in [-0.05, 0) is 6.08 Å². The molecule has 0 atom stereocenters. The summed E-state index contributed by atoms with van der Waals surface area (Å²) in [5.41, 5.74) is 8.94. The molecule has 0 aromatic rings. The number of primary amides is 1. The van der Waals surface area contributed by atoms with Crippen LogP contribution in [-0.4, -0.2) is 17.7 Å². The van der Waals surface area contributed by atoms with Gasteiger partial charge in [0.1, 0.15) is 0 Å². The molecule has 0 spiro atoms. The number of carbonyl (C=O) groups is 1. The van der Waals surface area contributed by atoms with Gasteiger partial charge in [0.25, 0.3) is 0 Å². The number of carbonyl (C=O) groups excluding carboxylic acids is 1. The van der Waals surface area contributed by atoms with Gasteiger partial charge in [-0.2, -0.15) is 0 Å². The fourth-order valence-corrected chi connectivity index (χ4v) is 0. The maximum atomic E-state index is 9.47. The number of aliphatic hydroxyl groups excluding tert-OH is 1. The molecule has 0 aromatic carbocycles. The minimum absolute atomic E-state index is 0.250. The van der Waals surface area contributed by atoms with Gasteiger partial charge in [-0.1, -0.05) is 6.58 Å². The van der Waals surface area contributed by atoms with Gasteiger partial charge in [0.05, 0.1) is 6.73 Å². The van der Waals surface area contributed by atoms with Crippen molar-refractivity contribution in [3.8, 4) is 0 Å². The monoisotopic (exact) mass is 118 g/mol. The van der Waals surface area contributed by atoms with Crippen LogP contribution in [0.5, 0.6) is 0 Å². The molecule has 0 fully saturated rings. The molecule has 0 unspecified atom stereocenters. The van der Waals surface area contributed by atoms with E-state index in [9.17, 15) is 4.79 Å². The van der Waals surface area contributed by atoms with Gasteiger partial charge in [0.2, 0.25) is 5.91 Å². The van der Waals surface area contributed by atoms with Gasteiger partial charge in [0.15, 0.2) is 0 Å². The van der Waals surface area contributed by atoms with Gasteiger partial charge in [0, 0.05) is 0 Å². The molecule has 0 aliphatic heterocycles. The van der Waals surface area contributed by atoms with Crippen LogP contribution >= 0.6 is 0 Å². The Bertz CT molecular complexity index is 72.4. The summed E-state index contributed by atoms with van der Waals surface area (Å²) in [6.07, 6.45) is 1.06. The largest absolute Gasteiger partial charge is 0.382 e. The van der Waals surface area contributed by atoms with E-state index >= 15 is 0 Å². The van der Waals surface area contributed by atoms with E-state index in [4.69, 9.17) is 5.11 Å². The third-order valence-corrected chi connectivity index (χ3v) is 0.201. The first-order valence-electron chi connectivity index (χ1n) is 1.91. The Labute approximate surface area is 47.8 Å². The van der Waals surface area contributed by atoms with E-state index in [1.165, 1.54) is 0 Å². The molecule has 5 N–H and O–H groups in total. The summed E-state index contributed by atoms with van der Waals surface area (Å²) in [5.74, 6) is -0.481. The van der Waals surface area contributed by atoms with E-state index in [2.05, 4.69) is 18.0 Å². The standard InChI is InChI=1S/C3H5NO.CH5NO/c1-2-3(4)5;2-1-3/h2H,1H2,(H2,4,5);3H,1-2H2. The molecule has 0 bridgehead atoms. The van der Waals surface area contributed by atoms with Crippen LogP contribution < -0.4 is 11.5 Å². The lowest BCUT2D eigenvalue weighted by atomic mass is 10.6. The zero-order valence-electron chi connectivity index (χ0n) is 4.50. The van der Waals surface area contributed by atoms with Gasteiger partial charge >= 0.3 is 0 Å². The molecule has 0 radical (unpaired) electrons. The molecule has 0 heterocycles. The SMILES string of the molecule is C=CC(N)=O.NCO. The summed E-state index contributed by atoms with van der Waals surface area (Å²) < 4.78 is 0. The highest BCUT2D eigenvalue weighted by Gasteiger charge is 1.69. The first-order chi connectivity index (χ1) is 3.68. The predicted molar refractivity (Wildman–Crippen MR) is 30.7 cm³/mol.